The van der Waals surface area contributed by atoms with Gasteiger partial charge in [0, 0.05) is 17.1 Å². The van der Waals surface area contributed by atoms with Crippen LogP contribution in [0.4, 0.5) is 5.69 Å². The molecule has 0 amide bonds. The van der Waals surface area contributed by atoms with E-state index < -0.39 is 0 Å². The van der Waals surface area contributed by atoms with E-state index in [0.29, 0.717) is 5.92 Å². The zero-order valence-electron chi connectivity index (χ0n) is 10.7. The van der Waals surface area contributed by atoms with Gasteiger partial charge in [0.2, 0.25) is 0 Å². The van der Waals surface area contributed by atoms with Crippen molar-refractivity contribution in [3.8, 4) is 0 Å². The quantitative estimate of drug-likeness (QED) is 0.816. The molecule has 0 saturated heterocycles. The summed E-state index contributed by atoms with van der Waals surface area (Å²) in [6, 6.07) is 11.0. The molecule has 2 heteroatoms. The molecule has 0 aliphatic carbocycles. The summed E-state index contributed by atoms with van der Waals surface area (Å²) >= 11 is 1.81. The van der Waals surface area contributed by atoms with E-state index in [4.69, 9.17) is 0 Å². The molecule has 0 fully saturated rings. The molecule has 90 valence electrons. The van der Waals surface area contributed by atoms with Crippen LogP contribution in [0.5, 0.6) is 0 Å². The summed E-state index contributed by atoms with van der Waals surface area (Å²) in [5, 5.41) is 5.64. The van der Waals surface area contributed by atoms with Gasteiger partial charge in [-0.3, -0.25) is 0 Å². The minimum atomic E-state index is 0.601. The molecular formula is C15H19NS. The molecule has 0 aliphatic heterocycles. The molecule has 17 heavy (non-hydrogen) atoms. The molecule has 0 aliphatic rings. The Morgan fingerprint density at radius 1 is 1.18 bits per heavy atom. The molecule has 1 nitrogen and oxygen atoms in total. The first-order valence-electron chi connectivity index (χ1n) is 6.03. The first-order valence-corrected chi connectivity index (χ1v) is 6.91. The number of anilines is 1. The summed E-state index contributed by atoms with van der Waals surface area (Å²) in [5.41, 5.74) is 3.94. The monoisotopic (exact) mass is 245 g/mol. The van der Waals surface area contributed by atoms with Gasteiger partial charge in [0.25, 0.3) is 0 Å². The summed E-state index contributed by atoms with van der Waals surface area (Å²) in [7, 11) is 0. The third-order valence-corrected chi connectivity index (χ3v) is 3.88. The number of rotatable bonds is 4. The molecule has 1 N–H and O–H groups in total. The largest absolute Gasteiger partial charge is 0.380 e. The summed E-state index contributed by atoms with van der Waals surface area (Å²) in [5.74, 6) is 0.601. The van der Waals surface area contributed by atoms with Crippen LogP contribution >= 0.6 is 11.3 Å². The second-order valence-electron chi connectivity index (χ2n) is 4.72. The molecule has 1 aromatic heterocycles. The highest BCUT2D eigenvalue weighted by atomic mass is 32.1. The number of nitrogens with one attached hydrogen (secondary N) is 1. The van der Waals surface area contributed by atoms with E-state index in [-0.39, 0.29) is 0 Å². The van der Waals surface area contributed by atoms with Gasteiger partial charge >= 0.3 is 0 Å². The van der Waals surface area contributed by atoms with Gasteiger partial charge in [-0.05, 0) is 47.5 Å². The molecule has 0 atom stereocenters. The fourth-order valence-corrected chi connectivity index (χ4v) is 2.57. The number of hydrogen-bond acceptors (Lipinski definition) is 2. The lowest BCUT2D eigenvalue weighted by atomic mass is 10.0. The van der Waals surface area contributed by atoms with E-state index in [0.717, 1.165) is 6.54 Å². The zero-order valence-corrected chi connectivity index (χ0v) is 11.5. The molecule has 2 aromatic rings. The van der Waals surface area contributed by atoms with Gasteiger partial charge in [-0.1, -0.05) is 26.0 Å². The van der Waals surface area contributed by atoms with Crippen molar-refractivity contribution in [3.05, 3.63) is 51.7 Å². The standard InChI is InChI=1S/C15H19NS/c1-11(2)13-4-6-14(7-5-13)16-9-15-8-12(3)10-17-15/h4-8,10-11,16H,9H2,1-3H3. The Morgan fingerprint density at radius 3 is 2.41 bits per heavy atom. The van der Waals surface area contributed by atoms with Crippen LogP contribution in [0.1, 0.15) is 35.8 Å². The maximum absolute atomic E-state index is 3.45. The second-order valence-corrected chi connectivity index (χ2v) is 5.72. The minimum Gasteiger partial charge on any atom is -0.380 e. The molecule has 0 bridgehead atoms. The Balaban J connectivity index is 1.95. The van der Waals surface area contributed by atoms with Crippen LogP contribution in [0.3, 0.4) is 0 Å². The molecular weight excluding hydrogens is 226 g/mol. The molecule has 1 heterocycles. The summed E-state index contributed by atoms with van der Waals surface area (Å²) < 4.78 is 0. The van der Waals surface area contributed by atoms with Gasteiger partial charge in [0.1, 0.15) is 0 Å². The Labute approximate surface area is 108 Å². The van der Waals surface area contributed by atoms with Crippen LogP contribution in [-0.4, -0.2) is 0 Å². The Kier molecular flexibility index (Phi) is 3.85. The van der Waals surface area contributed by atoms with Gasteiger partial charge in [0.15, 0.2) is 0 Å². The van der Waals surface area contributed by atoms with Crippen molar-refractivity contribution < 1.29 is 0 Å². The number of aryl methyl sites for hydroxylation is 1. The van der Waals surface area contributed by atoms with E-state index in [9.17, 15) is 0 Å². The highest BCUT2D eigenvalue weighted by Gasteiger charge is 1.99. The predicted molar refractivity (Wildman–Crippen MR) is 76.9 cm³/mol. The van der Waals surface area contributed by atoms with Crippen LogP contribution in [0.2, 0.25) is 0 Å². The fraction of sp³-hybridized carbons (Fsp3) is 0.333. The normalized spacial score (nSPS) is 10.8. The van der Waals surface area contributed by atoms with E-state index >= 15 is 0 Å². The third kappa shape index (κ3) is 3.34. The predicted octanol–water partition coefficient (Wildman–Crippen LogP) is 4.79. The van der Waals surface area contributed by atoms with Crippen molar-refractivity contribution in [1.82, 2.24) is 0 Å². The lowest BCUT2D eigenvalue weighted by molar-refractivity contribution is 0.867. The smallest absolute Gasteiger partial charge is 0.0494 e. The molecule has 0 saturated carbocycles. The summed E-state index contributed by atoms with van der Waals surface area (Å²) in [4.78, 5) is 1.38. The SMILES string of the molecule is Cc1csc(CNc2ccc(C(C)C)cc2)c1. The van der Waals surface area contributed by atoms with Crippen LogP contribution in [0, 0.1) is 6.92 Å². The topological polar surface area (TPSA) is 12.0 Å². The first kappa shape index (κ1) is 12.2. The molecule has 0 radical (unpaired) electrons. The van der Waals surface area contributed by atoms with Crippen LogP contribution in [0.25, 0.3) is 0 Å². The van der Waals surface area contributed by atoms with Gasteiger partial charge in [-0.2, -0.15) is 0 Å². The van der Waals surface area contributed by atoms with Gasteiger partial charge in [-0.15, -0.1) is 11.3 Å². The molecule has 0 unspecified atom stereocenters. The molecule has 2 rings (SSSR count). The maximum Gasteiger partial charge on any atom is 0.0494 e. The number of hydrogen-bond donors (Lipinski definition) is 1. The van der Waals surface area contributed by atoms with Crippen LogP contribution in [0.15, 0.2) is 35.7 Å². The lowest BCUT2D eigenvalue weighted by Crippen LogP contribution is -1.97. The summed E-state index contributed by atoms with van der Waals surface area (Å²) in [6.45, 7) is 7.49. The summed E-state index contributed by atoms with van der Waals surface area (Å²) in [6.07, 6.45) is 0. The zero-order chi connectivity index (χ0) is 12.3. The van der Waals surface area contributed by atoms with Crippen LogP contribution in [-0.2, 0) is 6.54 Å². The number of benzene rings is 1. The van der Waals surface area contributed by atoms with E-state index in [2.05, 4.69) is 61.8 Å². The Morgan fingerprint density at radius 2 is 1.88 bits per heavy atom. The van der Waals surface area contributed by atoms with Crippen molar-refractivity contribution in [1.29, 1.82) is 0 Å². The van der Waals surface area contributed by atoms with Crippen molar-refractivity contribution >= 4 is 17.0 Å². The fourth-order valence-electron chi connectivity index (χ4n) is 1.76. The van der Waals surface area contributed by atoms with E-state index in [1.54, 1.807) is 0 Å². The van der Waals surface area contributed by atoms with Crippen molar-refractivity contribution in [2.75, 3.05) is 5.32 Å². The van der Waals surface area contributed by atoms with Crippen molar-refractivity contribution in [3.63, 3.8) is 0 Å². The Bertz CT molecular complexity index is 468. The van der Waals surface area contributed by atoms with Crippen molar-refractivity contribution in [2.45, 2.75) is 33.2 Å². The van der Waals surface area contributed by atoms with E-state index in [1.807, 2.05) is 11.3 Å². The molecule has 1 aromatic carbocycles. The average molecular weight is 245 g/mol. The van der Waals surface area contributed by atoms with Crippen LogP contribution < -0.4 is 5.32 Å². The van der Waals surface area contributed by atoms with Gasteiger partial charge in [-0.25, -0.2) is 0 Å². The average Bonchev–Trinajstić information content (AvgIpc) is 2.73. The lowest BCUT2D eigenvalue weighted by Gasteiger charge is -2.08. The van der Waals surface area contributed by atoms with Gasteiger partial charge in [0.05, 0.1) is 0 Å². The minimum absolute atomic E-state index is 0.601. The second kappa shape index (κ2) is 5.37. The first-order chi connectivity index (χ1) is 8.15. The Hall–Kier alpha value is -1.28. The van der Waals surface area contributed by atoms with Gasteiger partial charge < -0.3 is 5.32 Å². The van der Waals surface area contributed by atoms with E-state index in [1.165, 1.54) is 21.7 Å². The van der Waals surface area contributed by atoms with Crippen molar-refractivity contribution in [2.24, 2.45) is 0 Å². The maximum atomic E-state index is 3.45. The number of thiophene rings is 1. The highest BCUT2D eigenvalue weighted by molar-refractivity contribution is 7.10. The highest BCUT2D eigenvalue weighted by Crippen LogP contribution is 2.19. The third-order valence-electron chi connectivity index (χ3n) is 2.83. The molecule has 0 spiro atoms.